The molecule has 0 heterocycles. The highest BCUT2D eigenvalue weighted by Crippen LogP contribution is 2.26. The molecule has 0 amide bonds. The maximum absolute atomic E-state index is 12.4. The summed E-state index contributed by atoms with van der Waals surface area (Å²) in [5.74, 6) is 0. The lowest BCUT2D eigenvalue weighted by atomic mass is 10.2. The van der Waals surface area contributed by atoms with Gasteiger partial charge in [-0.3, -0.25) is 4.72 Å². The summed E-state index contributed by atoms with van der Waals surface area (Å²) >= 11 is 8.04. The predicted molar refractivity (Wildman–Crippen MR) is 89.3 cm³/mol. The molecule has 0 aliphatic heterocycles. The lowest BCUT2D eigenvalue weighted by molar-refractivity contribution is 0.601. The van der Waals surface area contributed by atoms with Crippen LogP contribution in [-0.2, 0) is 16.6 Å². The number of benzene rings is 2. The van der Waals surface area contributed by atoms with Crippen molar-refractivity contribution in [1.82, 2.24) is 0 Å². The lowest BCUT2D eigenvalue weighted by Crippen LogP contribution is -2.15. The third-order valence-electron chi connectivity index (χ3n) is 2.64. The SMILES string of the molecule is NCc1ccc(Cl)c(S(=O)(=O)Nc2ccccc2I)c1. The first-order chi connectivity index (χ1) is 9.44. The monoisotopic (exact) mass is 422 g/mol. The Morgan fingerprint density at radius 1 is 1.20 bits per heavy atom. The van der Waals surface area contributed by atoms with Crippen molar-refractivity contribution in [1.29, 1.82) is 0 Å². The summed E-state index contributed by atoms with van der Waals surface area (Å²) in [6.07, 6.45) is 0. The summed E-state index contributed by atoms with van der Waals surface area (Å²) in [5.41, 5.74) is 6.75. The number of anilines is 1. The Morgan fingerprint density at radius 2 is 1.90 bits per heavy atom. The van der Waals surface area contributed by atoms with Gasteiger partial charge in [0.2, 0.25) is 0 Å². The van der Waals surface area contributed by atoms with E-state index in [0.29, 0.717) is 11.3 Å². The Bertz CT molecular complexity index is 735. The fraction of sp³-hybridized carbons (Fsp3) is 0.0769. The molecule has 0 bridgehead atoms. The van der Waals surface area contributed by atoms with E-state index in [9.17, 15) is 8.42 Å². The molecule has 0 aliphatic rings. The topological polar surface area (TPSA) is 72.2 Å². The van der Waals surface area contributed by atoms with Crippen LogP contribution in [0.2, 0.25) is 5.02 Å². The highest BCUT2D eigenvalue weighted by Gasteiger charge is 2.19. The minimum absolute atomic E-state index is 0.0294. The van der Waals surface area contributed by atoms with Crippen LogP contribution in [0.3, 0.4) is 0 Å². The van der Waals surface area contributed by atoms with E-state index in [0.717, 1.165) is 3.57 Å². The molecule has 0 fully saturated rings. The number of hydrogen-bond donors (Lipinski definition) is 2. The van der Waals surface area contributed by atoms with Gasteiger partial charge in [0.05, 0.1) is 10.7 Å². The van der Waals surface area contributed by atoms with E-state index < -0.39 is 10.0 Å². The average molecular weight is 423 g/mol. The maximum Gasteiger partial charge on any atom is 0.263 e. The second kappa shape index (κ2) is 6.30. The van der Waals surface area contributed by atoms with Gasteiger partial charge in [-0.05, 0) is 52.4 Å². The Balaban J connectivity index is 2.43. The molecule has 0 saturated carbocycles. The van der Waals surface area contributed by atoms with E-state index in [2.05, 4.69) is 27.3 Å². The summed E-state index contributed by atoms with van der Waals surface area (Å²) in [5, 5.41) is 0.167. The van der Waals surface area contributed by atoms with Crippen LogP contribution in [0.25, 0.3) is 0 Å². The van der Waals surface area contributed by atoms with Crippen molar-refractivity contribution >= 4 is 49.9 Å². The molecule has 20 heavy (non-hydrogen) atoms. The first-order valence-corrected chi connectivity index (χ1v) is 8.64. The van der Waals surface area contributed by atoms with Crippen LogP contribution in [0.1, 0.15) is 5.56 Å². The molecule has 0 aromatic heterocycles. The zero-order valence-corrected chi connectivity index (χ0v) is 14.0. The molecule has 7 heteroatoms. The minimum atomic E-state index is -3.74. The van der Waals surface area contributed by atoms with Gasteiger partial charge in [0.15, 0.2) is 0 Å². The van der Waals surface area contributed by atoms with E-state index >= 15 is 0 Å². The van der Waals surface area contributed by atoms with Crippen LogP contribution in [0.5, 0.6) is 0 Å². The van der Waals surface area contributed by atoms with Gasteiger partial charge in [-0.15, -0.1) is 0 Å². The van der Waals surface area contributed by atoms with Crippen molar-refractivity contribution in [3.05, 3.63) is 56.6 Å². The van der Waals surface area contributed by atoms with Crippen LogP contribution in [0, 0.1) is 3.57 Å². The van der Waals surface area contributed by atoms with Gasteiger partial charge >= 0.3 is 0 Å². The molecule has 2 aromatic carbocycles. The van der Waals surface area contributed by atoms with Gasteiger partial charge < -0.3 is 5.73 Å². The second-order valence-corrected chi connectivity index (χ2v) is 7.27. The predicted octanol–water partition coefficient (Wildman–Crippen LogP) is 3.20. The minimum Gasteiger partial charge on any atom is -0.326 e. The van der Waals surface area contributed by atoms with Crippen LogP contribution in [-0.4, -0.2) is 8.42 Å². The third-order valence-corrected chi connectivity index (χ3v) is 5.43. The summed E-state index contributed by atoms with van der Waals surface area (Å²) in [4.78, 5) is 0.0294. The van der Waals surface area contributed by atoms with Crippen LogP contribution in [0.15, 0.2) is 47.4 Å². The van der Waals surface area contributed by atoms with Crippen LogP contribution < -0.4 is 10.5 Å². The van der Waals surface area contributed by atoms with E-state index in [4.69, 9.17) is 17.3 Å². The lowest BCUT2D eigenvalue weighted by Gasteiger charge is -2.11. The molecular weight excluding hydrogens is 411 g/mol. The van der Waals surface area contributed by atoms with E-state index in [1.54, 1.807) is 18.2 Å². The average Bonchev–Trinajstić information content (AvgIpc) is 2.41. The first kappa shape index (κ1) is 15.6. The van der Waals surface area contributed by atoms with Crippen molar-refractivity contribution in [2.24, 2.45) is 5.73 Å². The van der Waals surface area contributed by atoms with Crippen molar-refractivity contribution in [3.8, 4) is 0 Å². The molecule has 106 valence electrons. The van der Waals surface area contributed by atoms with E-state index in [1.165, 1.54) is 12.1 Å². The molecule has 2 aromatic rings. The smallest absolute Gasteiger partial charge is 0.263 e. The number of para-hydroxylation sites is 1. The quantitative estimate of drug-likeness (QED) is 0.743. The van der Waals surface area contributed by atoms with Gasteiger partial charge in [-0.1, -0.05) is 29.8 Å². The van der Waals surface area contributed by atoms with Gasteiger partial charge in [0.1, 0.15) is 4.90 Å². The zero-order chi connectivity index (χ0) is 14.8. The second-order valence-electron chi connectivity index (χ2n) is 4.05. The summed E-state index contributed by atoms with van der Waals surface area (Å²) in [7, 11) is -3.74. The van der Waals surface area contributed by atoms with Gasteiger partial charge in [0.25, 0.3) is 10.0 Å². The molecular formula is C13H12ClIN2O2S. The number of halogens is 2. The Morgan fingerprint density at radius 3 is 2.55 bits per heavy atom. The van der Waals surface area contributed by atoms with Gasteiger partial charge in [-0.2, -0.15) is 0 Å². The highest BCUT2D eigenvalue weighted by atomic mass is 127. The Labute approximate surface area is 136 Å². The fourth-order valence-electron chi connectivity index (χ4n) is 1.62. The maximum atomic E-state index is 12.4. The third kappa shape index (κ3) is 3.43. The summed E-state index contributed by atoms with van der Waals surface area (Å²) < 4.78 is 28.1. The molecule has 0 saturated heterocycles. The summed E-state index contributed by atoms with van der Waals surface area (Å²) in [6, 6.07) is 11.8. The van der Waals surface area contributed by atoms with Crippen molar-refractivity contribution in [2.75, 3.05) is 4.72 Å². The zero-order valence-electron chi connectivity index (χ0n) is 10.3. The van der Waals surface area contributed by atoms with Crippen molar-refractivity contribution in [2.45, 2.75) is 11.4 Å². The molecule has 0 spiro atoms. The standard InChI is InChI=1S/C13H12ClIN2O2S/c14-10-6-5-9(8-16)7-13(10)20(18,19)17-12-4-2-1-3-11(12)15/h1-7,17H,8,16H2. The van der Waals surface area contributed by atoms with E-state index in [1.807, 2.05) is 12.1 Å². The van der Waals surface area contributed by atoms with Crippen LogP contribution in [0.4, 0.5) is 5.69 Å². The van der Waals surface area contributed by atoms with Crippen molar-refractivity contribution in [3.63, 3.8) is 0 Å². The number of nitrogens with two attached hydrogens (primary N) is 1. The molecule has 3 N–H and O–H groups in total. The number of hydrogen-bond acceptors (Lipinski definition) is 3. The van der Waals surface area contributed by atoms with E-state index in [-0.39, 0.29) is 16.5 Å². The molecule has 0 unspecified atom stereocenters. The molecule has 0 aliphatic carbocycles. The normalized spacial score (nSPS) is 11.3. The number of rotatable bonds is 4. The number of sulfonamides is 1. The molecule has 4 nitrogen and oxygen atoms in total. The largest absolute Gasteiger partial charge is 0.326 e. The summed E-state index contributed by atoms with van der Waals surface area (Å²) in [6.45, 7) is 0.253. The molecule has 0 atom stereocenters. The Hall–Kier alpha value is -0.830. The highest BCUT2D eigenvalue weighted by molar-refractivity contribution is 14.1. The molecule has 0 radical (unpaired) electrons. The van der Waals surface area contributed by atoms with Crippen LogP contribution >= 0.6 is 34.2 Å². The fourth-order valence-corrected chi connectivity index (χ4v) is 3.96. The molecule has 2 rings (SSSR count). The van der Waals surface area contributed by atoms with Crippen molar-refractivity contribution < 1.29 is 8.42 Å². The first-order valence-electron chi connectivity index (χ1n) is 5.70. The Kier molecular flexibility index (Phi) is 4.90. The van der Waals surface area contributed by atoms with Gasteiger partial charge in [-0.25, -0.2) is 8.42 Å². The van der Waals surface area contributed by atoms with Gasteiger partial charge in [0, 0.05) is 10.1 Å². The number of nitrogens with one attached hydrogen (secondary N) is 1.